The first-order chi connectivity index (χ1) is 30.0. The summed E-state index contributed by atoms with van der Waals surface area (Å²) >= 11 is 0. The maximum Gasteiger partial charge on any atom is 0.168 e. The second-order valence-electron chi connectivity index (χ2n) is 20.3. The molecule has 4 unspecified atom stereocenters. The van der Waals surface area contributed by atoms with Gasteiger partial charge in [0.15, 0.2) is 11.6 Å². The molecule has 0 radical (unpaired) electrons. The Morgan fingerprint density at radius 3 is 0.918 bits per heavy atom. The van der Waals surface area contributed by atoms with E-state index < -0.39 is 0 Å². The van der Waals surface area contributed by atoms with Gasteiger partial charge in [0.2, 0.25) is 0 Å². The molecule has 2 aliphatic heterocycles. The number of rotatable bonds is 47. The average molecular weight is 863 g/mol. The molecule has 2 fully saturated rings. The molecule has 0 spiro atoms. The molecule has 0 aromatic heterocycles. The third kappa shape index (κ3) is 29.9. The van der Waals surface area contributed by atoms with Gasteiger partial charge in [-0.05, 0) is 77.4 Å². The highest BCUT2D eigenvalue weighted by Crippen LogP contribution is 2.37. The van der Waals surface area contributed by atoms with E-state index in [2.05, 4.69) is 39.5 Å². The average Bonchev–Trinajstić information content (AvgIpc) is 3.88. The number of nitrogens with zero attached hydrogens (tertiary/aromatic N) is 1. The maximum absolute atomic E-state index is 6.77. The van der Waals surface area contributed by atoms with Crippen molar-refractivity contribution < 1.29 is 18.9 Å². The first-order valence-electron chi connectivity index (χ1n) is 28.4. The molecule has 5 heteroatoms. The Balaban J connectivity index is 1.53. The Kier molecular flexibility index (Phi) is 37.4. The van der Waals surface area contributed by atoms with Crippen LogP contribution >= 0.6 is 0 Å². The standard InChI is InChI=1S/C56H111NO4/c1-6-11-16-20-24-30-38-46-55(44-36-18-13-8-3)58-51-53(60-55)42-34-28-22-26-32-40-49-57(48-15-10-5)50-41-33-27-23-29-35-43-54-52-59-56(61-54,45-37-19-14-9-4)47-39-31-25-21-17-12-7-2/h53-54H,6-52H2,1-5H3. The monoisotopic (exact) mass is 862 g/mol. The molecule has 364 valence electrons. The van der Waals surface area contributed by atoms with Crippen molar-refractivity contribution in [3.63, 3.8) is 0 Å². The topological polar surface area (TPSA) is 40.2 Å². The van der Waals surface area contributed by atoms with Gasteiger partial charge in [0.1, 0.15) is 0 Å². The van der Waals surface area contributed by atoms with Gasteiger partial charge in [-0.25, -0.2) is 0 Å². The number of unbranched alkanes of at least 4 members (excludes halogenated alkanes) is 29. The molecule has 0 aliphatic carbocycles. The zero-order valence-electron chi connectivity index (χ0n) is 42.5. The van der Waals surface area contributed by atoms with Crippen LogP contribution in [0.1, 0.15) is 304 Å². The second-order valence-corrected chi connectivity index (χ2v) is 20.3. The highest BCUT2D eigenvalue weighted by Gasteiger charge is 2.41. The quantitative estimate of drug-likeness (QED) is 0.0570. The van der Waals surface area contributed by atoms with Gasteiger partial charge >= 0.3 is 0 Å². The lowest BCUT2D eigenvalue weighted by Gasteiger charge is -2.28. The van der Waals surface area contributed by atoms with Crippen molar-refractivity contribution in [3.8, 4) is 0 Å². The van der Waals surface area contributed by atoms with E-state index in [1.807, 2.05) is 0 Å². The van der Waals surface area contributed by atoms with Gasteiger partial charge in [-0.2, -0.15) is 0 Å². The van der Waals surface area contributed by atoms with Crippen LogP contribution in [-0.4, -0.2) is 61.5 Å². The van der Waals surface area contributed by atoms with Crippen LogP contribution in [0.4, 0.5) is 0 Å². The van der Waals surface area contributed by atoms with Crippen LogP contribution in [0.15, 0.2) is 0 Å². The lowest BCUT2D eigenvalue weighted by Crippen LogP contribution is -2.31. The van der Waals surface area contributed by atoms with Crippen LogP contribution in [0.5, 0.6) is 0 Å². The molecule has 61 heavy (non-hydrogen) atoms. The Bertz CT molecular complexity index is 849. The summed E-state index contributed by atoms with van der Waals surface area (Å²) in [5, 5.41) is 0. The van der Waals surface area contributed by atoms with Gasteiger partial charge < -0.3 is 23.8 Å². The zero-order chi connectivity index (χ0) is 43.8. The minimum absolute atomic E-state index is 0.277. The summed E-state index contributed by atoms with van der Waals surface area (Å²) in [7, 11) is 0. The third-order valence-corrected chi connectivity index (χ3v) is 14.3. The van der Waals surface area contributed by atoms with Crippen molar-refractivity contribution in [3.05, 3.63) is 0 Å². The maximum atomic E-state index is 6.77. The van der Waals surface area contributed by atoms with Gasteiger partial charge in [-0.1, -0.05) is 221 Å². The van der Waals surface area contributed by atoms with E-state index in [1.165, 1.54) is 264 Å². The lowest BCUT2D eigenvalue weighted by atomic mass is 9.99. The number of hydrogen-bond acceptors (Lipinski definition) is 5. The molecule has 2 rings (SSSR count). The van der Waals surface area contributed by atoms with Crippen LogP contribution in [-0.2, 0) is 18.9 Å². The SMILES string of the molecule is CCCCCCCCCC1(CCCCCC)OCC(CCCCCCCCN(CCCC)CCCCCCCCC2COC(CCCCCC)(CCCCCCCCC)O2)O1. The largest absolute Gasteiger partial charge is 0.347 e. The molecular formula is C56H111NO4. The van der Waals surface area contributed by atoms with Crippen LogP contribution in [0.3, 0.4) is 0 Å². The van der Waals surface area contributed by atoms with E-state index in [9.17, 15) is 0 Å². The first kappa shape index (κ1) is 56.9. The minimum Gasteiger partial charge on any atom is -0.347 e. The smallest absolute Gasteiger partial charge is 0.168 e. The van der Waals surface area contributed by atoms with E-state index in [4.69, 9.17) is 18.9 Å². The van der Waals surface area contributed by atoms with Crippen molar-refractivity contribution in [2.24, 2.45) is 0 Å². The van der Waals surface area contributed by atoms with Crippen molar-refractivity contribution in [2.75, 3.05) is 32.8 Å². The molecule has 5 nitrogen and oxygen atoms in total. The highest BCUT2D eigenvalue weighted by molar-refractivity contribution is 4.81. The van der Waals surface area contributed by atoms with E-state index in [1.54, 1.807) is 0 Å². The lowest BCUT2D eigenvalue weighted by molar-refractivity contribution is -0.180. The Hall–Kier alpha value is -0.200. The summed E-state index contributed by atoms with van der Waals surface area (Å²) in [5.41, 5.74) is 0. The van der Waals surface area contributed by atoms with Gasteiger partial charge in [0, 0.05) is 25.7 Å². The third-order valence-electron chi connectivity index (χ3n) is 14.3. The summed E-state index contributed by atoms with van der Waals surface area (Å²) in [6.45, 7) is 17.1. The van der Waals surface area contributed by atoms with Crippen molar-refractivity contribution in [2.45, 2.75) is 328 Å². The number of hydrogen-bond donors (Lipinski definition) is 0. The van der Waals surface area contributed by atoms with E-state index in [0.717, 1.165) is 38.9 Å². The molecule has 0 aromatic rings. The predicted molar refractivity (Wildman–Crippen MR) is 266 cm³/mol. The van der Waals surface area contributed by atoms with Gasteiger partial charge in [-0.3, -0.25) is 0 Å². The van der Waals surface area contributed by atoms with Crippen LogP contribution < -0.4 is 0 Å². The predicted octanol–water partition coefficient (Wildman–Crippen LogP) is 18.0. The van der Waals surface area contributed by atoms with E-state index in [0.29, 0.717) is 12.2 Å². The van der Waals surface area contributed by atoms with Crippen LogP contribution in [0.2, 0.25) is 0 Å². The summed E-state index contributed by atoms with van der Waals surface area (Å²) in [6.07, 6.45) is 55.8. The van der Waals surface area contributed by atoms with Crippen molar-refractivity contribution >= 4 is 0 Å². The molecule has 0 N–H and O–H groups in total. The van der Waals surface area contributed by atoms with Gasteiger partial charge in [-0.15, -0.1) is 0 Å². The fraction of sp³-hybridized carbons (Fsp3) is 1.00. The fourth-order valence-electron chi connectivity index (χ4n) is 10.2. The highest BCUT2D eigenvalue weighted by atomic mass is 16.7. The van der Waals surface area contributed by atoms with E-state index in [-0.39, 0.29) is 11.6 Å². The Morgan fingerprint density at radius 2 is 0.574 bits per heavy atom. The molecular weight excluding hydrogens is 751 g/mol. The molecule has 2 aliphatic rings. The zero-order valence-corrected chi connectivity index (χ0v) is 42.5. The van der Waals surface area contributed by atoms with Crippen molar-refractivity contribution in [1.29, 1.82) is 0 Å². The molecule has 0 aromatic carbocycles. The van der Waals surface area contributed by atoms with E-state index >= 15 is 0 Å². The van der Waals surface area contributed by atoms with Gasteiger partial charge in [0.25, 0.3) is 0 Å². The molecule has 0 bridgehead atoms. The molecule has 4 atom stereocenters. The fourth-order valence-corrected chi connectivity index (χ4v) is 10.2. The molecule has 2 heterocycles. The Morgan fingerprint density at radius 1 is 0.311 bits per heavy atom. The van der Waals surface area contributed by atoms with Gasteiger partial charge in [0.05, 0.1) is 25.4 Å². The molecule has 0 saturated carbocycles. The summed E-state index contributed by atoms with van der Waals surface area (Å²) in [5.74, 6) is -0.555. The summed E-state index contributed by atoms with van der Waals surface area (Å²) in [6, 6.07) is 0. The molecule has 2 saturated heterocycles. The normalized spacial score (nSPS) is 21.7. The minimum atomic E-state index is -0.277. The number of ether oxygens (including phenoxy) is 4. The summed E-state index contributed by atoms with van der Waals surface area (Å²) < 4.78 is 26.6. The van der Waals surface area contributed by atoms with Crippen LogP contribution in [0, 0.1) is 0 Å². The van der Waals surface area contributed by atoms with Crippen LogP contribution in [0.25, 0.3) is 0 Å². The Labute approximate surface area is 383 Å². The summed E-state index contributed by atoms with van der Waals surface area (Å²) in [4.78, 5) is 2.79. The first-order valence-corrected chi connectivity index (χ1v) is 28.4. The molecule has 0 amide bonds. The van der Waals surface area contributed by atoms with Crippen molar-refractivity contribution in [1.82, 2.24) is 4.90 Å². The second kappa shape index (κ2) is 40.1.